The van der Waals surface area contributed by atoms with Gasteiger partial charge in [-0.25, -0.2) is 4.79 Å². The fourth-order valence-electron chi connectivity index (χ4n) is 4.59. The summed E-state index contributed by atoms with van der Waals surface area (Å²) in [6, 6.07) is 9.94. The van der Waals surface area contributed by atoms with E-state index >= 15 is 0 Å². The van der Waals surface area contributed by atoms with Crippen molar-refractivity contribution in [3.8, 4) is 5.88 Å². The van der Waals surface area contributed by atoms with Gasteiger partial charge in [-0.1, -0.05) is 76.6 Å². The van der Waals surface area contributed by atoms with Gasteiger partial charge in [0, 0.05) is 12.0 Å². The Balaban J connectivity index is 0.00000481. The van der Waals surface area contributed by atoms with Gasteiger partial charge in [0.25, 0.3) is 12.1 Å². The van der Waals surface area contributed by atoms with Crippen LogP contribution in [0.5, 0.6) is 5.88 Å². The fourth-order valence-corrected chi connectivity index (χ4v) is 5.12. The van der Waals surface area contributed by atoms with Gasteiger partial charge in [0.2, 0.25) is 0 Å². The number of rotatable bonds is 15. The lowest BCUT2D eigenvalue weighted by atomic mass is 10.0. The van der Waals surface area contributed by atoms with Crippen LogP contribution in [0.1, 0.15) is 89.1 Å². The summed E-state index contributed by atoms with van der Waals surface area (Å²) in [5, 5.41) is 0. The second kappa shape index (κ2) is 17.0. The maximum atomic E-state index is 12.7. The number of likely N-dealkylation sites (N-methyl/N-ethyl adjacent to an activating group) is 1. The molecule has 3 rings (SSSR count). The first-order valence-corrected chi connectivity index (χ1v) is 14.2. The molecule has 0 bridgehead atoms. The number of quaternary nitrogens is 1. The van der Waals surface area contributed by atoms with E-state index < -0.39 is 12.4 Å². The molecule has 0 fully saturated rings. The SMILES string of the molecule is CCCCCCOC(=O)OC(c1ccccc1)[N+]1(C)CCC=C(c2nsnc2OCCCCCC)C1.[I-]. The number of ether oxygens (including phenoxy) is 3. The zero-order chi connectivity index (χ0) is 25.6. The van der Waals surface area contributed by atoms with Crippen LogP contribution in [-0.4, -0.2) is 52.7 Å². The topological polar surface area (TPSA) is 70.5 Å². The van der Waals surface area contributed by atoms with E-state index in [-0.39, 0.29) is 24.0 Å². The third-order valence-electron chi connectivity index (χ3n) is 6.64. The van der Waals surface area contributed by atoms with Crippen LogP contribution in [0.3, 0.4) is 0 Å². The molecule has 0 saturated carbocycles. The number of unbranched alkanes of at least 4 members (excludes halogenated alkanes) is 6. The minimum Gasteiger partial charge on any atom is -1.00 e. The van der Waals surface area contributed by atoms with Crippen LogP contribution in [0.2, 0.25) is 0 Å². The third-order valence-corrected chi connectivity index (χ3v) is 7.15. The Bertz CT molecular complexity index is 956. The summed E-state index contributed by atoms with van der Waals surface area (Å²) in [7, 11) is 2.13. The summed E-state index contributed by atoms with van der Waals surface area (Å²) < 4.78 is 27.0. The van der Waals surface area contributed by atoms with Gasteiger partial charge in [0.05, 0.1) is 44.1 Å². The Hall–Kier alpha value is -1.72. The van der Waals surface area contributed by atoms with E-state index in [1.807, 2.05) is 30.3 Å². The van der Waals surface area contributed by atoms with Crippen LogP contribution < -0.4 is 28.7 Å². The molecule has 0 radical (unpaired) electrons. The number of nitrogens with zero attached hydrogens (tertiary/aromatic N) is 3. The quantitative estimate of drug-likeness (QED) is 0.126. The molecular formula is C28H42IN3O4S. The Labute approximate surface area is 243 Å². The first-order chi connectivity index (χ1) is 17.6. The van der Waals surface area contributed by atoms with Crippen LogP contribution in [0.25, 0.3) is 5.57 Å². The number of benzene rings is 1. The predicted molar refractivity (Wildman–Crippen MR) is 144 cm³/mol. The average Bonchev–Trinajstić information content (AvgIpc) is 3.36. The Morgan fingerprint density at radius 2 is 1.70 bits per heavy atom. The van der Waals surface area contributed by atoms with Crippen LogP contribution in [-0.2, 0) is 9.47 Å². The van der Waals surface area contributed by atoms with E-state index in [9.17, 15) is 4.79 Å². The summed E-state index contributed by atoms with van der Waals surface area (Å²) in [5.41, 5.74) is 2.84. The number of carbonyl (C=O) groups excluding carboxylic acids is 1. The van der Waals surface area contributed by atoms with Gasteiger partial charge < -0.3 is 38.2 Å². The van der Waals surface area contributed by atoms with Crippen molar-refractivity contribution in [1.82, 2.24) is 8.75 Å². The molecule has 7 nitrogen and oxygen atoms in total. The molecule has 0 N–H and O–H groups in total. The molecule has 9 heteroatoms. The predicted octanol–water partition coefficient (Wildman–Crippen LogP) is 4.17. The van der Waals surface area contributed by atoms with E-state index in [1.54, 1.807) is 0 Å². The minimum atomic E-state index is -0.609. The van der Waals surface area contributed by atoms with E-state index in [2.05, 4.69) is 35.7 Å². The Kier molecular flexibility index (Phi) is 14.5. The first kappa shape index (κ1) is 31.5. The molecule has 1 aliphatic rings. The maximum absolute atomic E-state index is 12.7. The lowest BCUT2D eigenvalue weighted by Gasteiger charge is -2.42. The smallest absolute Gasteiger partial charge is 0.513 e. The molecule has 2 unspecified atom stereocenters. The van der Waals surface area contributed by atoms with Gasteiger partial charge >= 0.3 is 6.16 Å². The highest BCUT2D eigenvalue weighted by Crippen LogP contribution is 2.37. The molecule has 1 aliphatic heterocycles. The number of aromatic nitrogens is 2. The fraction of sp³-hybridized carbons (Fsp3) is 0.607. The molecule has 1 aromatic carbocycles. The molecule has 1 aromatic heterocycles. The van der Waals surface area contributed by atoms with E-state index in [1.165, 1.54) is 24.6 Å². The molecule has 0 saturated heterocycles. The Morgan fingerprint density at radius 1 is 1.00 bits per heavy atom. The molecular weight excluding hydrogens is 601 g/mol. The summed E-state index contributed by atoms with van der Waals surface area (Å²) in [6.07, 6.45) is 10.8. The lowest BCUT2D eigenvalue weighted by Crippen LogP contribution is -3.00. The molecule has 0 spiro atoms. The molecule has 2 heterocycles. The second-order valence-electron chi connectivity index (χ2n) is 9.75. The summed E-state index contributed by atoms with van der Waals surface area (Å²) in [4.78, 5) is 12.7. The molecule has 37 heavy (non-hydrogen) atoms. The highest BCUT2D eigenvalue weighted by Gasteiger charge is 2.41. The zero-order valence-corrected chi connectivity index (χ0v) is 25.5. The van der Waals surface area contributed by atoms with Gasteiger partial charge in [-0.2, -0.15) is 4.37 Å². The van der Waals surface area contributed by atoms with Gasteiger partial charge in [0.1, 0.15) is 12.2 Å². The van der Waals surface area contributed by atoms with Crippen molar-refractivity contribution in [2.45, 2.75) is 77.9 Å². The van der Waals surface area contributed by atoms with Crippen molar-refractivity contribution in [3.63, 3.8) is 0 Å². The molecule has 206 valence electrons. The van der Waals surface area contributed by atoms with Crippen molar-refractivity contribution < 1.29 is 47.5 Å². The molecule has 2 aromatic rings. The van der Waals surface area contributed by atoms with Crippen LogP contribution in [0, 0.1) is 0 Å². The summed E-state index contributed by atoms with van der Waals surface area (Å²) >= 11 is 1.18. The van der Waals surface area contributed by atoms with Crippen molar-refractivity contribution >= 4 is 23.5 Å². The summed E-state index contributed by atoms with van der Waals surface area (Å²) in [6.45, 7) is 6.89. The maximum Gasteiger partial charge on any atom is 0.513 e. The van der Waals surface area contributed by atoms with Crippen molar-refractivity contribution in [1.29, 1.82) is 0 Å². The van der Waals surface area contributed by atoms with E-state index in [0.717, 1.165) is 68.3 Å². The van der Waals surface area contributed by atoms with E-state index in [4.69, 9.17) is 14.2 Å². The summed E-state index contributed by atoms with van der Waals surface area (Å²) in [5.74, 6) is 0.611. The normalized spacial score (nSPS) is 17.9. The number of halogens is 1. The molecule has 0 aliphatic carbocycles. The second-order valence-corrected chi connectivity index (χ2v) is 10.3. The van der Waals surface area contributed by atoms with Gasteiger partial charge in [-0.3, -0.25) is 4.48 Å². The van der Waals surface area contributed by atoms with Crippen LogP contribution >= 0.6 is 11.7 Å². The van der Waals surface area contributed by atoms with Gasteiger partial charge in [0.15, 0.2) is 0 Å². The third kappa shape index (κ3) is 9.83. The van der Waals surface area contributed by atoms with Crippen molar-refractivity contribution in [3.05, 3.63) is 47.7 Å². The highest BCUT2D eigenvalue weighted by molar-refractivity contribution is 6.99. The minimum absolute atomic E-state index is 0. The highest BCUT2D eigenvalue weighted by atomic mass is 127. The molecule has 0 amide bonds. The van der Waals surface area contributed by atoms with Crippen molar-refractivity contribution in [2.75, 3.05) is 33.4 Å². The van der Waals surface area contributed by atoms with E-state index in [0.29, 0.717) is 30.1 Å². The van der Waals surface area contributed by atoms with Gasteiger partial charge in [-0.15, -0.1) is 4.37 Å². The standard InChI is InChI=1S/C28H42N3O4S.HI/c1-4-6-8-13-20-33-26-25(29-36-30-26)24-18-15-19-31(3,22-24)27(23-16-11-10-12-17-23)35-28(32)34-21-14-9-7-5-2;/h10-12,16-18,27H,4-9,13-15,19-22H2,1-3H3;1H/q+1;/p-1. The van der Waals surface area contributed by atoms with Crippen molar-refractivity contribution in [2.24, 2.45) is 0 Å². The molecule has 2 atom stereocenters. The monoisotopic (exact) mass is 643 g/mol. The van der Waals surface area contributed by atoms with Crippen LogP contribution in [0.4, 0.5) is 4.79 Å². The Morgan fingerprint density at radius 3 is 2.41 bits per heavy atom. The zero-order valence-electron chi connectivity index (χ0n) is 22.5. The lowest BCUT2D eigenvalue weighted by molar-refractivity contribution is -0.953. The number of carbonyl (C=O) groups is 1. The average molecular weight is 644 g/mol. The first-order valence-electron chi connectivity index (χ1n) is 13.4. The number of hydrogen-bond donors (Lipinski definition) is 0. The largest absolute Gasteiger partial charge is 1.00 e. The van der Waals surface area contributed by atoms with Crippen LogP contribution in [0.15, 0.2) is 36.4 Å². The number of hydrogen-bond acceptors (Lipinski definition) is 7. The van der Waals surface area contributed by atoms with Gasteiger partial charge in [-0.05, 0) is 25.0 Å².